The molecule has 0 bridgehead atoms. The fourth-order valence-electron chi connectivity index (χ4n) is 3.33. The molecule has 0 saturated carbocycles. The van der Waals surface area contributed by atoms with Crippen LogP contribution in [-0.2, 0) is 17.8 Å². The smallest absolute Gasteiger partial charge is 0.252 e. The third-order valence-electron chi connectivity index (χ3n) is 4.96. The van der Waals surface area contributed by atoms with Gasteiger partial charge in [0, 0.05) is 30.4 Å². The minimum absolute atomic E-state index is 0.0845. The molecule has 0 N–H and O–H groups in total. The average molecular weight is 376 g/mol. The van der Waals surface area contributed by atoms with Crippen molar-refractivity contribution in [3.05, 3.63) is 58.7 Å². The van der Waals surface area contributed by atoms with Gasteiger partial charge in [0.25, 0.3) is 5.78 Å². The van der Waals surface area contributed by atoms with Crippen LogP contribution < -0.4 is 0 Å². The number of hydrogen-bond acceptors (Lipinski definition) is 5. The molecule has 0 aliphatic heterocycles. The Labute approximate surface area is 164 Å². The molecule has 0 aliphatic carbocycles. The highest BCUT2D eigenvalue weighted by Gasteiger charge is 2.19. The highest BCUT2D eigenvalue weighted by Crippen LogP contribution is 2.17. The normalized spacial score (nSPS) is 11.0. The van der Waals surface area contributed by atoms with Crippen LogP contribution >= 0.6 is 0 Å². The fraction of sp³-hybridized carbons (Fsp3) is 0.381. The molecule has 2 heterocycles. The molecule has 0 radical (unpaired) electrons. The van der Waals surface area contributed by atoms with Gasteiger partial charge in [0.1, 0.15) is 6.33 Å². The molecule has 3 aromatic rings. The second kappa shape index (κ2) is 8.17. The van der Waals surface area contributed by atoms with E-state index in [1.54, 1.807) is 16.6 Å². The van der Waals surface area contributed by atoms with Crippen LogP contribution in [0.4, 0.5) is 0 Å². The van der Waals surface area contributed by atoms with Crippen molar-refractivity contribution >= 4 is 11.7 Å². The van der Waals surface area contributed by atoms with E-state index in [-0.39, 0.29) is 11.9 Å². The van der Waals surface area contributed by atoms with E-state index in [1.165, 1.54) is 6.33 Å². The molecule has 7 heteroatoms. The number of rotatable bonds is 6. The van der Waals surface area contributed by atoms with Crippen molar-refractivity contribution in [2.24, 2.45) is 0 Å². The Morgan fingerprint density at radius 2 is 1.96 bits per heavy atom. The Bertz CT molecular complexity index is 1030. The number of fused-ring (bicyclic) bond motifs is 1. The number of hydrogen-bond donors (Lipinski definition) is 0. The number of amides is 1. The van der Waals surface area contributed by atoms with Gasteiger partial charge >= 0.3 is 0 Å². The van der Waals surface area contributed by atoms with Crippen molar-refractivity contribution in [3.63, 3.8) is 0 Å². The largest absolute Gasteiger partial charge is 0.336 e. The van der Waals surface area contributed by atoms with Gasteiger partial charge in [-0.2, -0.15) is 15.3 Å². The van der Waals surface area contributed by atoms with E-state index in [9.17, 15) is 4.79 Å². The Kier molecular flexibility index (Phi) is 5.69. The third-order valence-corrected chi connectivity index (χ3v) is 4.96. The standard InChI is InChI=1S/C21H24N6O/c1-14(2)26(12-18-7-5-17(11-22)6-8-18)20(28)10-9-19-15(3)25-21-23-13-24-27(21)16(19)4/h5-8,13-14H,9-10,12H2,1-4H3. The number of nitrogens with zero attached hydrogens (tertiary/aromatic N) is 6. The lowest BCUT2D eigenvalue weighted by Crippen LogP contribution is -2.36. The Hall–Kier alpha value is -3.27. The molecule has 1 amide bonds. The van der Waals surface area contributed by atoms with E-state index >= 15 is 0 Å². The molecule has 0 unspecified atom stereocenters. The third kappa shape index (κ3) is 4.01. The average Bonchev–Trinajstić information content (AvgIpc) is 3.14. The quantitative estimate of drug-likeness (QED) is 0.660. The Morgan fingerprint density at radius 3 is 2.61 bits per heavy atom. The summed E-state index contributed by atoms with van der Waals surface area (Å²) in [5.74, 6) is 0.673. The van der Waals surface area contributed by atoms with Gasteiger partial charge in [-0.1, -0.05) is 12.1 Å². The summed E-state index contributed by atoms with van der Waals surface area (Å²) in [4.78, 5) is 23.4. The number of aromatic nitrogens is 4. The Morgan fingerprint density at radius 1 is 1.25 bits per heavy atom. The van der Waals surface area contributed by atoms with Crippen LogP contribution in [0, 0.1) is 25.2 Å². The maximum atomic E-state index is 12.9. The molecule has 3 rings (SSSR count). The van der Waals surface area contributed by atoms with Gasteiger partial charge in [-0.05, 0) is 57.4 Å². The number of carbonyl (C=O) groups is 1. The lowest BCUT2D eigenvalue weighted by atomic mass is 10.1. The van der Waals surface area contributed by atoms with Crippen molar-refractivity contribution in [3.8, 4) is 6.07 Å². The van der Waals surface area contributed by atoms with Gasteiger partial charge in [0.05, 0.1) is 11.6 Å². The zero-order valence-corrected chi connectivity index (χ0v) is 16.7. The van der Waals surface area contributed by atoms with Crippen LogP contribution in [0.3, 0.4) is 0 Å². The first-order valence-corrected chi connectivity index (χ1v) is 9.35. The van der Waals surface area contributed by atoms with Crippen LogP contribution in [0.15, 0.2) is 30.6 Å². The Balaban J connectivity index is 1.73. The molecule has 2 aromatic heterocycles. The predicted molar refractivity (Wildman–Crippen MR) is 105 cm³/mol. The molecular weight excluding hydrogens is 352 g/mol. The lowest BCUT2D eigenvalue weighted by Gasteiger charge is -2.27. The van der Waals surface area contributed by atoms with Gasteiger partial charge in [-0.3, -0.25) is 4.79 Å². The van der Waals surface area contributed by atoms with Crippen molar-refractivity contribution in [2.45, 2.75) is 53.1 Å². The maximum absolute atomic E-state index is 12.9. The summed E-state index contributed by atoms with van der Waals surface area (Å²) >= 11 is 0. The van der Waals surface area contributed by atoms with Crippen molar-refractivity contribution in [2.75, 3.05) is 0 Å². The van der Waals surface area contributed by atoms with E-state index in [0.717, 1.165) is 22.5 Å². The number of aryl methyl sites for hydroxylation is 2. The second-order valence-corrected chi connectivity index (χ2v) is 7.16. The summed E-state index contributed by atoms with van der Waals surface area (Å²) in [6.45, 7) is 8.48. The van der Waals surface area contributed by atoms with Crippen LogP contribution in [0.2, 0.25) is 0 Å². The molecule has 144 valence electrons. The fourth-order valence-corrected chi connectivity index (χ4v) is 3.33. The summed E-state index contributed by atoms with van der Waals surface area (Å²) in [6.07, 6.45) is 2.50. The van der Waals surface area contributed by atoms with Crippen LogP contribution in [0.1, 0.15) is 48.3 Å². The first kappa shape index (κ1) is 19.5. The van der Waals surface area contributed by atoms with E-state index in [4.69, 9.17) is 5.26 Å². The number of carbonyl (C=O) groups excluding carboxylic acids is 1. The van der Waals surface area contributed by atoms with Gasteiger partial charge in [-0.15, -0.1) is 0 Å². The van der Waals surface area contributed by atoms with Crippen molar-refractivity contribution in [1.82, 2.24) is 24.5 Å². The first-order chi connectivity index (χ1) is 13.4. The molecular formula is C21H24N6O. The second-order valence-electron chi connectivity index (χ2n) is 7.16. The van der Waals surface area contributed by atoms with Crippen LogP contribution in [0.25, 0.3) is 5.78 Å². The van der Waals surface area contributed by atoms with Gasteiger partial charge in [-0.25, -0.2) is 9.50 Å². The summed E-state index contributed by atoms with van der Waals surface area (Å²) in [5.41, 5.74) is 4.52. The summed E-state index contributed by atoms with van der Waals surface area (Å²) in [7, 11) is 0. The molecule has 0 spiro atoms. The van der Waals surface area contributed by atoms with Gasteiger partial charge < -0.3 is 4.90 Å². The van der Waals surface area contributed by atoms with Crippen LogP contribution in [-0.4, -0.2) is 36.4 Å². The van der Waals surface area contributed by atoms with E-state index in [2.05, 4.69) is 21.1 Å². The van der Waals surface area contributed by atoms with Crippen molar-refractivity contribution < 1.29 is 4.79 Å². The van der Waals surface area contributed by atoms with E-state index < -0.39 is 0 Å². The molecule has 28 heavy (non-hydrogen) atoms. The first-order valence-electron chi connectivity index (χ1n) is 9.35. The SMILES string of the molecule is Cc1nc2ncnn2c(C)c1CCC(=O)N(Cc1ccc(C#N)cc1)C(C)C. The topological polar surface area (TPSA) is 87.2 Å². The maximum Gasteiger partial charge on any atom is 0.252 e. The highest BCUT2D eigenvalue weighted by molar-refractivity contribution is 5.76. The van der Waals surface area contributed by atoms with Gasteiger partial charge in [0.15, 0.2) is 0 Å². The molecule has 7 nitrogen and oxygen atoms in total. The summed E-state index contributed by atoms with van der Waals surface area (Å²) in [6, 6.07) is 9.56. The molecule has 0 aliphatic rings. The predicted octanol–water partition coefficient (Wildman–Crippen LogP) is 2.98. The summed E-state index contributed by atoms with van der Waals surface area (Å²) in [5, 5.41) is 13.1. The van der Waals surface area contributed by atoms with E-state index in [1.807, 2.05) is 44.7 Å². The van der Waals surface area contributed by atoms with Crippen molar-refractivity contribution in [1.29, 1.82) is 5.26 Å². The zero-order valence-electron chi connectivity index (χ0n) is 16.7. The molecule has 0 atom stereocenters. The van der Waals surface area contributed by atoms with Gasteiger partial charge in [0.2, 0.25) is 5.91 Å². The molecule has 0 fully saturated rings. The molecule has 1 aromatic carbocycles. The van der Waals surface area contributed by atoms with E-state index in [0.29, 0.717) is 30.7 Å². The number of nitriles is 1. The minimum atomic E-state index is 0.0845. The monoisotopic (exact) mass is 376 g/mol. The number of benzene rings is 1. The minimum Gasteiger partial charge on any atom is -0.336 e. The highest BCUT2D eigenvalue weighted by atomic mass is 16.2. The molecule has 0 saturated heterocycles. The zero-order chi connectivity index (χ0) is 20.3. The lowest BCUT2D eigenvalue weighted by molar-refractivity contribution is -0.133. The summed E-state index contributed by atoms with van der Waals surface area (Å²) < 4.78 is 1.71. The van der Waals surface area contributed by atoms with Crippen LogP contribution in [0.5, 0.6) is 0 Å².